The number of rotatable bonds is 2. The molecular formula is C9H8N2O5. The van der Waals surface area contributed by atoms with Crippen molar-refractivity contribution in [2.45, 2.75) is 6.92 Å². The van der Waals surface area contributed by atoms with Gasteiger partial charge in [0, 0.05) is 19.1 Å². The predicted molar refractivity (Wildman–Crippen MR) is 55.3 cm³/mol. The molecule has 0 spiro atoms. The third-order valence-electron chi connectivity index (χ3n) is 1.71. The standard InChI is InChI=1S/C9H8N2O5/c1-5(12)10-7-4-6(11(15)16)2-3-8(13)9(7)14/h2-4H,1H3,(H2,10,12,13,14). The monoisotopic (exact) mass is 224 g/mol. The van der Waals surface area contributed by atoms with Crippen LogP contribution in [0.2, 0.25) is 0 Å². The van der Waals surface area contributed by atoms with E-state index in [0.29, 0.717) is 0 Å². The van der Waals surface area contributed by atoms with Gasteiger partial charge in [-0.05, 0) is 6.07 Å². The molecule has 0 bridgehead atoms. The Bertz CT molecular complexity index is 512. The molecule has 0 fully saturated rings. The third-order valence-corrected chi connectivity index (χ3v) is 1.71. The van der Waals surface area contributed by atoms with Crippen LogP contribution in [0.1, 0.15) is 6.92 Å². The Balaban J connectivity index is 3.45. The quantitative estimate of drug-likeness (QED) is 0.565. The Morgan fingerprint density at radius 2 is 2.12 bits per heavy atom. The van der Waals surface area contributed by atoms with Crippen molar-refractivity contribution in [1.29, 1.82) is 0 Å². The Labute approximate surface area is 89.5 Å². The molecule has 84 valence electrons. The van der Waals surface area contributed by atoms with Crippen molar-refractivity contribution >= 4 is 17.3 Å². The van der Waals surface area contributed by atoms with Crippen LogP contribution in [0.4, 0.5) is 11.4 Å². The zero-order valence-corrected chi connectivity index (χ0v) is 8.26. The van der Waals surface area contributed by atoms with E-state index in [2.05, 4.69) is 5.32 Å². The number of hydrogen-bond acceptors (Lipinski definition) is 5. The smallest absolute Gasteiger partial charge is 0.271 e. The minimum atomic E-state index is -0.808. The Morgan fingerprint density at radius 3 is 2.62 bits per heavy atom. The molecule has 7 heteroatoms. The van der Waals surface area contributed by atoms with Crippen LogP contribution < -0.4 is 10.7 Å². The number of carbonyl (C=O) groups is 1. The molecule has 0 saturated carbocycles. The molecule has 0 aliphatic rings. The lowest BCUT2D eigenvalue weighted by Gasteiger charge is -1.99. The van der Waals surface area contributed by atoms with Crippen LogP contribution in [-0.2, 0) is 4.79 Å². The number of nitrogens with zero attached hydrogens (tertiary/aromatic N) is 1. The molecule has 0 unspecified atom stereocenters. The summed E-state index contributed by atoms with van der Waals surface area (Å²) in [5.41, 5.74) is -1.49. The molecular weight excluding hydrogens is 216 g/mol. The second kappa shape index (κ2) is 4.39. The van der Waals surface area contributed by atoms with E-state index in [9.17, 15) is 24.8 Å². The van der Waals surface area contributed by atoms with E-state index < -0.39 is 27.7 Å². The summed E-state index contributed by atoms with van der Waals surface area (Å²) in [6.45, 7) is 1.16. The first-order valence-electron chi connectivity index (χ1n) is 4.21. The molecule has 1 aromatic carbocycles. The Hall–Kier alpha value is -2.44. The minimum Gasteiger partial charge on any atom is -0.503 e. The van der Waals surface area contributed by atoms with Gasteiger partial charge in [0.15, 0.2) is 5.75 Å². The predicted octanol–water partition coefficient (Wildman–Crippen LogP) is 0.619. The number of amides is 1. The molecule has 0 aliphatic heterocycles. The van der Waals surface area contributed by atoms with Gasteiger partial charge in [0.05, 0.1) is 10.6 Å². The molecule has 0 aliphatic carbocycles. The van der Waals surface area contributed by atoms with Crippen LogP contribution in [0.5, 0.6) is 5.75 Å². The van der Waals surface area contributed by atoms with E-state index in [-0.39, 0.29) is 5.69 Å². The molecule has 1 aromatic rings. The summed E-state index contributed by atoms with van der Waals surface area (Å²) in [6, 6.07) is 2.73. The third kappa shape index (κ3) is 2.53. The van der Waals surface area contributed by atoms with Gasteiger partial charge in [-0.1, -0.05) is 0 Å². The first-order chi connectivity index (χ1) is 7.41. The van der Waals surface area contributed by atoms with Crippen molar-refractivity contribution in [3.63, 3.8) is 0 Å². The first kappa shape index (κ1) is 11.6. The van der Waals surface area contributed by atoms with E-state index in [1.807, 2.05) is 0 Å². The van der Waals surface area contributed by atoms with E-state index in [1.54, 1.807) is 0 Å². The maximum Gasteiger partial charge on any atom is 0.271 e. The fourth-order valence-electron chi connectivity index (χ4n) is 1.04. The van der Waals surface area contributed by atoms with Crippen LogP contribution >= 0.6 is 0 Å². The molecule has 0 saturated heterocycles. The highest BCUT2D eigenvalue weighted by Crippen LogP contribution is 2.22. The average Bonchev–Trinajstić information content (AvgIpc) is 2.30. The van der Waals surface area contributed by atoms with E-state index >= 15 is 0 Å². The highest BCUT2D eigenvalue weighted by Gasteiger charge is 2.11. The maximum absolute atomic E-state index is 11.2. The van der Waals surface area contributed by atoms with Gasteiger partial charge in [-0.2, -0.15) is 0 Å². The van der Waals surface area contributed by atoms with Crippen LogP contribution in [0.25, 0.3) is 0 Å². The minimum absolute atomic E-state index is 0.283. The van der Waals surface area contributed by atoms with Gasteiger partial charge in [-0.25, -0.2) is 0 Å². The van der Waals surface area contributed by atoms with Gasteiger partial charge in [0.1, 0.15) is 0 Å². The van der Waals surface area contributed by atoms with Crippen LogP contribution in [0, 0.1) is 10.1 Å². The molecule has 0 aromatic heterocycles. The largest absolute Gasteiger partial charge is 0.503 e. The highest BCUT2D eigenvalue weighted by molar-refractivity contribution is 5.90. The summed E-state index contributed by atoms with van der Waals surface area (Å²) < 4.78 is 0. The summed E-state index contributed by atoms with van der Waals surface area (Å²) in [4.78, 5) is 31.7. The summed E-state index contributed by atoms with van der Waals surface area (Å²) in [7, 11) is 0. The van der Waals surface area contributed by atoms with Gasteiger partial charge in [-0.15, -0.1) is 0 Å². The van der Waals surface area contributed by atoms with E-state index in [0.717, 1.165) is 25.1 Å². The fraction of sp³-hybridized carbons (Fsp3) is 0.111. The van der Waals surface area contributed by atoms with Crippen LogP contribution in [0.3, 0.4) is 0 Å². The second-order valence-electron chi connectivity index (χ2n) is 2.97. The lowest BCUT2D eigenvalue weighted by Crippen LogP contribution is -2.07. The van der Waals surface area contributed by atoms with Crippen LogP contribution in [-0.4, -0.2) is 15.9 Å². The molecule has 0 heterocycles. The number of nitrogens with one attached hydrogen (secondary N) is 1. The van der Waals surface area contributed by atoms with Crippen molar-refractivity contribution in [3.05, 3.63) is 38.5 Å². The lowest BCUT2D eigenvalue weighted by molar-refractivity contribution is -0.384. The molecule has 1 rings (SSSR count). The summed E-state index contributed by atoms with van der Waals surface area (Å²) in [5.74, 6) is -1.28. The molecule has 0 atom stereocenters. The van der Waals surface area contributed by atoms with Crippen molar-refractivity contribution in [1.82, 2.24) is 0 Å². The van der Waals surface area contributed by atoms with Crippen LogP contribution in [0.15, 0.2) is 23.0 Å². The van der Waals surface area contributed by atoms with E-state index in [4.69, 9.17) is 0 Å². The summed E-state index contributed by atoms with van der Waals surface area (Å²) in [5, 5.41) is 22.0. The average molecular weight is 224 g/mol. The summed E-state index contributed by atoms with van der Waals surface area (Å²) >= 11 is 0. The molecule has 0 radical (unpaired) electrons. The maximum atomic E-state index is 11.2. The van der Waals surface area contributed by atoms with Crippen molar-refractivity contribution < 1.29 is 14.8 Å². The Kier molecular flexibility index (Phi) is 3.19. The molecule has 7 nitrogen and oxygen atoms in total. The summed E-state index contributed by atoms with van der Waals surface area (Å²) in [6.07, 6.45) is 0. The normalized spacial score (nSPS) is 9.56. The topological polar surface area (TPSA) is 110 Å². The van der Waals surface area contributed by atoms with Gasteiger partial charge >= 0.3 is 0 Å². The number of aromatic hydroxyl groups is 1. The van der Waals surface area contributed by atoms with Gasteiger partial charge in [0.25, 0.3) is 5.69 Å². The number of hydrogen-bond donors (Lipinski definition) is 2. The molecule has 2 N–H and O–H groups in total. The molecule has 1 amide bonds. The van der Waals surface area contributed by atoms with Gasteiger partial charge < -0.3 is 10.4 Å². The zero-order chi connectivity index (χ0) is 12.3. The lowest BCUT2D eigenvalue weighted by atomic mass is 10.3. The van der Waals surface area contributed by atoms with Gasteiger partial charge in [-0.3, -0.25) is 19.7 Å². The number of anilines is 1. The van der Waals surface area contributed by atoms with Crippen molar-refractivity contribution in [2.24, 2.45) is 0 Å². The fourth-order valence-corrected chi connectivity index (χ4v) is 1.04. The van der Waals surface area contributed by atoms with Crippen molar-refractivity contribution in [3.8, 4) is 5.75 Å². The van der Waals surface area contributed by atoms with Gasteiger partial charge in [0.2, 0.25) is 11.3 Å². The van der Waals surface area contributed by atoms with Crippen molar-refractivity contribution in [2.75, 3.05) is 5.32 Å². The number of nitro groups is 1. The second-order valence-corrected chi connectivity index (χ2v) is 2.97. The zero-order valence-electron chi connectivity index (χ0n) is 8.26. The van der Waals surface area contributed by atoms with E-state index in [1.165, 1.54) is 0 Å². The first-order valence-corrected chi connectivity index (χ1v) is 4.21. The molecule has 16 heavy (non-hydrogen) atoms. The highest BCUT2D eigenvalue weighted by atomic mass is 16.6. The SMILES string of the molecule is CC(=O)Nc1cc([N+](=O)[O-])ccc(=O)c1O. The number of carbonyl (C=O) groups excluding carboxylic acids is 1. The Morgan fingerprint density at radius 1 is 1.50 bits per heavy atom.